The van der Waals surface area contributed by atoms with Crippen LogP contribution in [-0.2, 0) is 6.42 Å². The molecule has 1 aliphatic heterocycles. The number of H-pyrrole nitrogens is 1. The first-order valence-electron chi connectivity index (χ1n) is 9.68. The lowest BCUT2D eigenvalue weighted by Crippen LogP contribution is -2.36. The highest BCUT2D eigenvalue weighted by Gasteiger charge is 2.24. The zero-order valence-corrected chi connectivity index (χ0v) is 16.0. The van der Waals surface area contributed by atoms with Crippen molar-refractivity contribution in [1.82, 2.24) is 24.6 Å². The molecule has 0 spiro atoms. The lowest BCUT2D eigenvalue weighted by Gasteiger charge is -2.31. The molecule has 4 rings (SSSR count). The van der Waals surface area contributed by atoms with Crippen molar-refractivity contribution >= 4 is 0 Å². The molecule has 3 aromatic rings. The van der Waals surface area contributed by atoms with Crippen molar-refractivity contribution in [3.8, 4) is 11.4 Å². The minimum Gasteiger partial charge on any atom is -0.497 e. The highest BCUT2D eigenvalue weighted by Crippen LogP contribution is 2.24. The van der Waals surface area contributed by atoms with E-state index in [2.05, 4.69) is 26.0 Å². The Bertz CT molecular complexity index is 949. The lowest BCUT2D eigenvalue weighted by atomic mass is 9.97. The minimum atomic E-state index is -0.201. The van der Waals surface area contributed by atoms with Gasteiger partial charge in [-0.3, -0.25) is 9.97 Å². The molecule has 7 nitrogen and oxygen atoms in total. The largest absolute Gasteiger partial charge is 0.497 e. The van der Waals surface area contributed by atoms with Gasteiger partial charge in [-0.25, -0.2) is 4.79 Å². The molecule has 0 saturated carbocycles. The summed E-state index contributed by atoms with van der Waals surface area (Å²) >= 11 is 0. The van der Waals surface area contributed by atoms with Crippen LogP contribution in [0.3, 0.4) is 0 Å². The predicted octanol–water partition coefficient (Wildman–Crippen LogP) is 2.39. The van der Waals surface area contributed by atoms with Crippen LogP contribution in [0.1, 0.15) is 30.1 Å². The Morgan fingerprint density at radius 3 is 2.86 bits per heavy atom. The van der Waals surface area contributed by atoms with Crippen LogP contribution in [-0.4, -0.2) is 51.4 Å². The van der Waals surface area contributed by atoms with E-state index >= 15 is 0 Å². The number of piperidine rings is 1. The predicted molar refractivity (Wildman–Crippen MR) is 107 cm³/mol. The van der Waals surface area contributed by atoms with E-state index in [0.717, 1.165) is 56.2 Å². The molecule has 1 fully saturated rings. The maximum absolute atomic E-state index is 12.4. The number of likely N-dealkylation sites (tertiary alicyclic amines) is 1. The summed E-state index contributed by atoms with van der Waals surface area (Å²) < 4.78 is 6.61. The lowest BCUT2D eigenvalue weighted by molar-refractivity contribution is 0.206. The van der Waals surface area contributed by atoms with E-state index in [1.165, 1.54) is 10.2 Å². The van der Waals surface area contributed by atoms with Crippen LogP contribution in [0, 0.1) is 0 Å². The molecular weight excluding hydrogens is 354 g/mol. The number of nitrogens with one attached hydrogen (secondary N) is 1. The van der Waals surface area contributed by atoms with E-state index in [4.69, 9.17) is 4.74 Å². The van der Waals surface area contributed by atoms with Crippen LogP contribution in [0.25, 0.3) is 5.69 Å². The maximum Gasteiger partial charge on any atom is 0.348 e. The highest BCUT2D eigenvalue weighted by atomic mass is 16.5. The number of aromatic nitrogens is 4. The average molecular weight is 379 g/mol. The van der Waals surface area contributed by atoms with Crippen LogP contribution in [0.15, 0.2) is 53.6 Å². The van der Waals surface area contributed by atoms with Crippen LogP contribution < -0.4 is 10.4 Å². The molecule has 1 saturated heterocycles. The van der Waals surface area contributed by atoms with Crippen molar-refractivity contribution in [3.63, 3.8) is 0 Å². The molecule has 0 unspecified atom stereocenters. The molecule has 0 radical (unpaired) electrons. The van der Waals surface area contributed by atoms with Crippen molar-refractivity contribution in [2.24, 2.45) is 0 Å². The number of nitrogens with zero attached hydrogens (tertiary/aromatic N) is 4. The first-order valence-corrected chi connectivity index (χ1v) is 9.68. The Hall–Kier alpha value is -2.93. The van der Waals surface area contributed by atoms with Gasteiger partial charge in [0.25, 0.3) is 0 Å². The zero-order chi connectivity index (χ0) is 19.3. The number of hydrogen-bond donors (Lipinski definition) is 1. The number of benzene rings is 1. The third kappa shape index (κ3) is 4.14. The summed E-state index contributed by atoms with van der Waals surface area (Å²) in [6, 6.07) is 11.4. The standard InChI is InChI=1S/C21H25N5O2/c1-28-19-8-6-18(7-9-19)26-21(27)23-20(24-26)17-5-3-12-25(15-17)13-10-16-4-2-11-22-14-16/h2,4,6-9,11,14,17H,3,5,10,12-13,15H2,1H3,(H,23,24,27)/t17-/m0/s1. The Labute approximate surface area is 164 Å². The van der Waals surface area contributed by atoms with Gasteiger partial charge in [-0.1, -0.05) is 6.07 Å². The van der Waals surface area contributed by atoms with Gasteiger partial charge in [0.15, 0.2) is 0 Å². The first kappa shape index (κ1) is 18.4. The molecule has 7 heteroatoms. The molecule has 2 aromatic heterocycles. The van der Waals surface area contributed by atoms with Gasteiger partial charge in [0.2, 0.25) is 0 Å². The monoisotopic (exact) mass is 379 g/mol. The topological polar surface area (TPSA) is 76.0 Å². The van der Waals surface area contributed by atoms with E-state index in [9.17, 15) is 4.79 Å². The summed E-state index contributed by atoms with van der Waals surface area (Å²) in [5, 5.41) is 4.58. The summed E-state index contributed by atoms with van der Waals surface area (Å²) in [7, 11) is 1.62. The van der Waals surface area contributed by atoms with Crippen molar-refractivity contribution in [2.75, 3.05) is 26.7 Å². The fourth-order valence-electron chi connectivity index (χ4n) is 3.74. The Kier molecular flexibility index (Phi) is 5.53. The third-order valence-electron chi connectivity index (χ3n) is 5.28. The molecule has 28 heavy (non-hydrogen) atoms. The molecule has 1 aromatic carbocycles. The van der Waals surface area contributed by atoms with Crippen molar-refractivity contribution in [1.29, 1.82) is 0 Å². The van der Waals surface area contributed by atoms with Gasteiger partial charge in [0.05, 0.1) is 12.8 Å². The molecule has 0 bridgehead atoms. The fourth-order valence-corrected chi connectivity index (χ4v) is 3.74. The number of aromatic amines is 1. The number of methoxy groups -OCH3 is 1. The smallest absolute Gasteiger partial charge is 0.348 e. The number of ether oxygens (including phenoxy) is 1. The molecule has 0 aliphatic carbocycles. The molecule has 146 valence electrons. The SMILES string of the molecule is COc1ccc(-n2nc([C@H]3CCCN(CCc4cccnc4)C3)[nH]c2=O)cc1. The normalized spacial score (nSPS) is 17.5. The molecular formula is C21H25N5O2. The van der Waals surface area contributed by atoms with Crippen molar-refractivity contribution in [3.05, 3.63) is 70.7 Å². The van der Waals surface area contributed by atoms with Gasteiger partial charge in [-0.15, -0.1) is 5.10 Å². The van der Waals surface area contributed by atoms with E-state index in [1.807, 2.05) is 36.5 Å². The number of rotatable bonds is 6. The molecule has 0 amide bonds. The number of hydrogen-bond acceptors (Lipinski definition) is 5. The first-order chi connectivity index (χ1) is 13.7. The van der Waals surface area contributed by atoms with Crippen LogP contribution in [0.4, 0.5) is 0 Å². The fraction of sp³-hybridized carbons (Fsp3) is 0.381. The second-order valence-electron chi connectivity index (χ2n) is 7.18. The van der Waals surface area contributed by atoms with Gasteiger partial charge in [0.1, 0.15) is 11.6 Å². The summed E-state index contributed by atoms with van der Waals surface area (Å²) in [5.41, 5.74) is 1.78. The average Bonchev–Trinajstić information content (AvgIpc) is 3.15. The van der Waals surface area contributed by atoms with Gasteiger partial charge in [-0.2, -0.15) is 4.68 Å². The zero-order valence-electron chi connectivity index (χ0n) is 16.0. The van der Waals surface area contributed by atoms with E-state index in [0.29, 0.717) is 0 Å². The van der Waals surface area contributed by atoms with Crippen molar-refractivity contribution in [2.45, 2.75) is 25.2 Å². The van der Waals surface area contributed by atoms with Gasteiger partial charge in [-0.05, 0) is 61.7 Å². The maximum atomic E-state index is 12.4. The van der Waals surface area contributed by atoms with Crippen molar-refractivity contribution < 1.29 is 4.74 Å². The van der Waals surface area contributed by atoms with Crippen LogP contribution in [0.2, 0.25) is 0 Å². The minimum absolute atomic E-state index is 0.201. The van der Waals surface area contributed by atoms with Gasteiger partial charge < -0.3 is 9.64 Å². The van der Waals surface area contributed by atoms with E-state index in [1.54, 1.807) is 13.3 Å². The molecule has 1 atom stereocenters. The number of pyridine rings is 1. The second kappa shape index (κ2) is 8.39. The van der Waals surface area contributed by atoms with Gasteiger partial charge >= 0.3 is 5.69 Å². The second-order valence-corrected chi connectivity index (χ2v) is 7.18. The van der Waals surface area contributed by atoms with Crippen LogP contribution >= 0.6 is 0 Å². The van der Waals surface area contributed by atoms with Crippen LogP contribution in [0.5, 0.6) is 5.75 Å². The molecule has 1 aliphatic rings. The van der Waals surface area contributed by atoms with Gasteiger partial charge in [0, 0.05) is 31.4 Å². The Morgan fingerprint density at radius 2 is 2.11 bits per heavy atom. The summed E-state index contributed by atoms with van der Waals surface area (Å²) in [6.45, 7) is 2.99. The molecule has 1 N–H and O–H groups in total. The Morgan fingerprint density at radius 1 is 1.25 bits per heavy atom. The van der Waals surface area contributed by atoms with E-state index < -0.39 is 0 Å². The Balaban J connectivity index is 1.44. The quantitative estimate of drug-likeness (QED) is 0.712. The summed E-state index contributed by atoms with van der Waals surface area (Å²) in [6.07, 6.45) is 6.86. The third-order valence-corrected chi connectivity index (χ3v) is 5.28. The summed E-state index contributed by atoms with van der Waals surface area (Å²) in [4.78, 5) is 22.0. The summed E-state index contributed by atoms with van der Waals surface area (Å²) in [5.74, 6) is 1.77. The molecule has 3 heterocycles. The highest BCUT2D eigenvalue weighted by molar-refractivity contribution is 5.36. The van der Waals surface area contributed by atoms with E-state index in [-0.39, 0.29) is 11.6 Å².